The van der Waals surface area contributed by atoms with Crippen LogP contribution in [0.5, 0.6) is 5.75 Å². The minimum absolute atomic E-state index is 0.118. The molecule has 1 aliphatic rings. The van der Waals surface area contributed by atoms with Crippen LogP contribution in [-0.4, -0.2) is 29.5 Å². The number of carbonyl (C=O) groups excluding carboxylic acids is 1. The highest BCUT2D eigenvalue weighted by Crippen LogP contribution is 2.27. The zero-order chi connectivity index (χ0) is 14.8. The van der Waals surface area contributed by atoms with Gasteiger partial charge in [-0.05, 0) is 63.8 Å². The van der Waals surface area contributed by atoms with Crippen molar-refractivity contribution in [1.29, 1.82) is 0 Å². The molecule has 1 aromatic rings. The normalized spacial score (nSPS) is 14.4. The van der Waals surface area contributed by atoms with Crippen molar-refractivity contribution in [3.05, 3.63) is 29.3 Å². The molecule has 0 bridgehead atoms. The fraction of sp³-hybridized carbons (Fsp3) is 0.588. The van der Waals surface area contributed by atoms with Crippen molar-refractivity contribution in [3.63, 3.8) is 0 Å². The molecule has 0 fully saturated rings. The Hall–Kier alpha value is -1.51. The summed E-state index contributed by atoms with van der Waals surface area (Å²) in [5, 5.41) is 0. The number of ether oxygens (including phenoxy) is 1. The number of nitrogens with zero attached hydrogens (tertiary/aromatic N) is 1. The molecule has 0 saturated carbocycles. The molecule has 1 amide bonds. The number of hydrogen-bond acceptors (Lipinski definition) is 2. The van der Waals surface area contributed by atoms with Gasteiger partial charge in [-0.2, -0.15) is 0 Å². The van der Waals surface area contributed by atoms with Gasteiger partial charge in [-0.1, -0.05) is 6.92 Å². The molecule has 0 saturated heterocycles. The monoisotopic (exact) mass is 275 g/mol. The standard InChI is InChI=1S/C17H25NO2/c1-5-10-18(17(2,3)4)16(19)14-8-9-15-13(12-14)7-6-11-20-15/h8-9,12H,5-7,10-11H2,1-4H3. The second kappa shape index (κ2) is 5.86. The first-order valence-corrected chi connectivity index (χ1v) is 7.51. The van der Waals surface area contributed by atoms with E-state index in [1.807, 2.05) is 23.1 Å². The number of amides is 1. The first-order valence-electron chi connectivity index (χ1n) is 7.51. The Bertz CT molecular complexity index is 488. The van der Waals surface area contributed by atoms with Gasteiger partial charge in [0.2, 0.25) is 0 Å². The Labute approximate surface area is 121 Å². The van der Waals surface area contributed by atoms with Crippen LogP contribution in [0.4, 0.5) is 0 Å². The summed E-state index contributed by atoms with van der Waals surface area (Å²) in [6.07, 6.45) is 3.00. The number of carbonyl (C=O) groups is 1. The number of hydrogen-bond donors (Lipinski definition) is 0. The quantitative estimate of drug-likeness (QED) is 0.842. The van der Waals surface area contributed by atoms with Crippen LogP contribution in [0.1, 0.15) is 56.5 Å². The molecule has 0 N–H and O–H groups in total. The van der Waals surface area contributed by atoms with E-state index < -0.39 is 0 Å². The SMILES string of the molecule is CCCN(C(=O)c1ccc2c(c1)CCCO2)C(C)(C)C. The van der Waals surface area contributed by atoms with Crippen LogP contribution in [0.2, 0.25) is 0 Å². The highest BCUT2D eigenvalue weighted by molar-refractivity contribution is 5.95. The highest BCUT2D eigenvalue weighted by atomic mass is 16.5. The first-order chi connectivity index (χ1) is 9.43. The van der Waals surface area contributed by atoms with Crippen LogP contribution in [0.15, 0.2) is 18.2 Å². The molecule has 0 atom stereocenters. The average molecular weight is 275 g/mol. The number of aryl methyl sites for hydroxylation is 1. The van der Waals surface area contributed by atoms with E-state index in [0.29, 0.717) is 0 Å². The minimum Gasteiger partial charge on any atom is -0.493 e. The molecule has 2 rings (SSSR count). The summed E-state index contributed by atoms with van der Waals surface area (Å²) in [5.74, 6) is 1.05. The molecule has 20 heavy (non-hydrogen) atoms. The lowest BCUT2D eigenvalue weighted by atomic mass is 10.00. The Morgan fingerprint density at radius 2 is 2.10 bits per heavy atom. The maximum Gasteiger partial charge on any atom is 0.254 e. The van der Waals surface area contributed by atoms with Crippen molar-refractivity contribution in [1.82, 2.24) is 4.90 Å². The van der Waals surface area contributed by atoms with Gasteiger partial charge in [-0.3, -0.25) is 4.79 Å². The predicted octanol–water partition coefficient (Wildman–Crippen LogP) is 3.66. The average Bonchev–Trinajstić information content (AvgIpc) is 2.42. The molecule has 3 heteroatoms. The topological polar surface area (TPSA) is 29.5 Å². The fourth-order valence-corrected chi connectivity index (χ4v) is 2.61. The lowest BCUT2D eigenvalue weighted by Crippen LogP contribution is -2.46. The predicted molar refractivity (Wildman–Crippen MR) is 81.3 cm³/mol. The lowest BCUT2D eigenvalue weighted by molar-refractivity contribution is 0.0582. The number of benzene rings is 1. The molecule has 110 valence electrons. The van der Waals surface area contributed by atoms with E-state index in [1.54, 1.807) is 0 Å². The third kappa shape index (κ3) is 3.14. The Morgan fingerprint density at radius 3 is 2.75 bits per heavy atom. The summed E-state index contributed by atoms with van der Waals surface area (Å²) in [7, 11) is 0. The van der Waals surface area contributed by atoms with Gasteiger partial charge in [-0.15, -0.1) is 0 Å². The van der Waals surface area contributed by atoms with E-state index in [0.717, 1.165) is 49.3 Å². The summed E-state index contributed by atoms with van der Waals surface area (Å²) in [4.78, 5) is 14.7. The lowest BCUT2D eigenvalue weighted by Gasteiger charge is -2.36. The van der Waals surface area contributed by atoms with Gasteiger partial charge >= 0.3 is 0 Å². The molecule has 3 nitrogen and oxygen atoms in total. The second-order valence-corrected chi connectivity index (χ2v) is 6.40. The Kier molecular flexibility index (Phi) is 4.36. The van der Waals surface area contributed by atoms with Crippen LogP contribution in [0.25, 0.3) is 0 Å². The van der Waals surface area contributed by atoms with Gasteiger partial charge in [0.05, 0.1) is 6.61 Å². The van der Waals surface area contributed by atoms with Crippen LogP contribution >= 0.6 is 0 Å². The highest BCUT2D eigenvalue weighted by Gasteiger charge is 2.27. The van der Waals surface area contributed by atoms with Crippen molar-refractivity contribution in [3.8, 4) is 5.75 Å². The molecule has 1 aromatic carbocycles. The molecular formula is C17H25NO2. The van der Waals surface area contributed by atoms with E-state index in [4.69, 9.17) is 4.74 Å². The van der Waals surface area contributed by atoms with Gasteiger partial charge in [0.25, 0.3) is 5.91 Å². The van der Waals surface area contributed by atoms with E-state index in [9.17, 15) is 4.79 Å². The van der Waals surface area contributed by atoms with Crippen LogP contribution < -0.4 is 4.74 Å². The van der Waals surface area contributed by atoms with Gasteiger partial charge in [0, 0.05) is 17.6 Å². The van der Waals surface area contributed by atoms with Crippen LogP contribution in [0.3, 0.4) is 0 Å². The largest absolute Gasteiger partial charge is 0.493 e. The zero-order valence-corrected chi connectivity index (χ0v) is 13.0. The smallest absolute Gasteiger partial charge is 0.254 e. The summed E-state index contributed by atoms with van der Waals surface area (Å²) in [6, 6.07) is 5.83. The van der Waals surface area contributed by atoms with Crippen molar-refractivity contribution in [2.45, 2.75) is 52.5 Å². The third-order valence-corrected chi connectivity index (χ3v) is 3.66. The Balaban J connectivity index is 2.27. The molecule has 1 aliphatic heterocycles. The van der Waals surface area contributed by atoms with Gasteiger partial charge in [-0.25, -0.2) is 0 Å². The van der Waals surface area contributed by atoms with E-state index in [2.05, 4.69) is 27.7 Å². The minimum atomic E-state index is -0.153. The third-order valence-electron chi connectivity index (χ3n) is 3.66. The van der Waals surface area contributed by atoms with Crippen molar-refractivity contribution in [2.24, 2.45) is 0 Å². The number of rotatable bonds is 3. The molecule has 0 unspecified atom stereocenters. The summed E-state index contributed by atoms with van der Waals surface area (Å²) in [6.45, 7) is 9.93. The van der Waals surface area contributed by atoms with Crippen molar-refractivity contribution >= 4 is 5.91 Å². The van der Waals surface area contributed by atoms with E-state index in [-0.39, 0.29) is 11.4 Å². The fourth-order valence-electron chi connectivity index (χ4n) is 2.61. The maximum absolute atomic E-state index is 12.8. The van der Waals surface area contributed by atoms with Crippen LogP contribution in [-0.2, 0) is 6.42 Å². The van der Waals surface area contributed by atoms with Gasteiger partial charge in [0.15, 0.2) is 0 Å². The number of fused-ring (bicyclic) bond motifs is 1. The molecule has 0 aromatic heterocycles. The maximum atomic E-state index is 12.8. The molecule has 0 radical (unpaired) electrons. The van der Waals surface area contributed by atoms with Gasteiger partial charge < -0.3 is 9.64 Å². The van der Waals surface area contributed by atoms with Crippen LogP contribution in [0, 0.1) is 0 Å². The van der Waals surface area contributed by atoms with E-state index in [1.165, 1.54) is 0 Å². The summed E-state index contributed by atoms with van der Waals surface area (Å²) >= 11 is 0. The zero-order valence-electron chi connectivity index (χ0n) is 13.0. The van der Waals surface area contributed by atoms with Gasteiger partial charge in [0.1, 0.15) is 5.75 Å². The molecule has 0 spiro atoms. The summed E-state index contributed by atoms with van der Waals surface area (Å²) in [5.41, 5.74) is 1.78. The molecular weight excluding hydrogens is 250 g/mol. The Morgan fingerprint density at radius 1 is 1.35 bits per heavy atom. The van der Waals surface area contributed by atoms with E-state index >= 15 is 0 Å². The molecule has 0 aliphatic carbocycles. The molecule has 1 heterocycles. The first kappa shape index (κ1) is 14.9. The van der Waals surface area contributed by atoms with Crippen molar-refractivity contribution < 1.29 is 9.53 Å². The van der Waals surface area contributed by atoms with Crippen molar-refractivity contribution in [2.75, 3.05) is 13.2 Å². The summed E-state index contributed by atoms with van der Waals surface area (Å²) < 4.78 is 5.61. The second-order valence-electron chi connectivity index (χ2n) is 6.40.